The minimum atomic E-state index is -0.588. The molecule has 12 heteroatoms. The van der Waals surface area contributed by atoms with E-state index in [1.54, 1.807) is 13.1 Å². The summed E-state index contributed by atoms with van der Waals surface area (Å²) in [6, 6.07) is 14.3. The number of nitrogens with zero attached hydrogens (tertiary/aromatic N) is 3. The van der Waals surface area contributed by atoms with Gasteiger partial charge in [-0.3, -0.25) is 14.7 Å². The van der Waals surface area contributed by atoms with Crippen LogP contribution in [0, 0.1) is 5.41 Å². The zero-order valence-corrected chi connectivity index (χ0v) is 30.0. The van der Waals surface area contributed by atoms with Crippen molar-refractivity contribution in [3.8, 4) is 11.5 Å². The van der Waals surface area contributed by atoms with Crippen LogP contribution >= 0.6 is 0 Å². The number of piperazine rings is 1. The highest BCUT2D eigenvalue weighted by atomic mass is 16.5. The van der Waals surface area contributed by atoms with E-state index in [1.165, 1.54) is 14.2 Å². The predicted molar refractivity (Wildman–Crippen MR) is 193 cm³/mol. The first-order chi connectivity index (χ1) is 23.9. The van der Waals surface area contributed by atoms with Gasteiger partial charge in [-0.25, -0.2) is 9.59 Å². The minimum absolute atomic E-state index is 0.121. The summed E-state index contributed by atoms with van der Waals surface area (Å²) in [5.74, 6) is 1.83. The van der Waals surface area contributed by atoms with E-state index in [0.717, 1.165) is 41.5 Å². The van der Waals surface area contributed by atoms with Crippen LogP contribution in [0.4, 0.5) is 15.3 Å². The lowest BCUT2D eigenvalue weighted by Gasteiger charge is -2.40. The van der Waals surface area contributed by atoms with Crippen molar-refractivity contribution in [1.82, 2.24) is 25.4 Å². The Balaban J connectivity index is 1.32. The third-order valence-electron chi connectivity index (χ3n) is 9.21. The molecule has 2 aromatic carbocycles. The molecule has 2 aliphatic rings. The van der Waals surface area contributed by atoms with Crippen molar-refractivity contribution >= 4 is 34.5 Å². The van der Waals surface area contributed by atoms with Gasteiger partial charge in [0.1, 0.15) is 17.3 Å². The van der Waals surface area contributed by atoms with E-state index in [2.05, 4.69) is 53.5 Å². The Morgan fingerprint density at radius 2 is 1.76 bits per heavy atom. The van der Waals surface area contributed by atoms with Crippen molar-refractivity contribution in [3.63, 3.8) is 0 Å². The van der Waals surface area contributed by atoms with Gasteiger partial charge >= 0.3 is 12.1 Å². The van der Waals surface area contributed by atoms with Gasteiger partial charge in [-0.2, -0.15) is 0 Å². The second-order valence-corrected chi connectivity index (χ2v) is 13.6. The van der Waals surface area contributed by atoms with Gasteiger partial charge in [0.25, 0.3) is 0 Å². The van der Waals surface area contributed by atoms with Crippen LogP contribution in [0.3, 0.4) is 0 Å². The monoisotopic (exact) mass is 684 g/mol. The summed E-state index contributed by atoms with van der Waals surface area (Å²) < 4.78 is 16.9. The lowest BCUT2D eigenvalue weighted by molar-refractivity contribution is -0.133. The summed E-state index contributed by atoms with van der Waals surface area (Å²) >= 11 is 0. The number of rotatable bonds is 9. The molecule has 1 aromatic heterocycles. The first-order valence-corrected chi connectivity index (χ1v) is 17.0. The molecule has 12 nitrogen and oxygen atoms in total. The number of urea groups is 1. The number of benzene rings is 2. The van der Waals surface area contributed by atoms with E-state index >= 15 is 0 Å². The van der Waals surface area contributed by atoms with E-state index < -0.39 is 18.2 Å². The number of carbonyl (C=O) groups excluding carboxylic acids is 3. The molecule has 0 saturated carbocycles. The molecule has 5 rings (SSSR count). The highest BCUT2D eigenvalue weighted by Gasteiger charge is 2.32. The normalized spacial score (nSPS) is 18.3. The molecule has 2 atom stereocenters. The quantitative estimate of drug-likeness (QED) is 0.231. The molecular formula is C38H48N6O6. The number of pyridine rings is 1. The molecule has 1 saturated heterocycles. The molecule has 2 unspecified atom stereocenters. The highest BCUT2D eigenvalue weighted by Crippen LogP contribution is 2.37. The highest BCUT2D eigenvalue weighted by molar-refractivity contribution is 6.04. The zero-order valence-electron chi connectivity index (χ0n) is 30.0. The third-order valence-corrected chi connectivity index (χ3v) is 9.21. The molecule has 4 amide bonds. The van der Waals surface area contributed by atoms with Gasteiger partial charge in [-0.05, 0) is 42.5 Å². The topological polar surface area (TPSA) is 134 Å². The molecule has 0 radical (unpaired) electrons. The second-order valence-electron chi connectivity index (χ2n) is 13.6. The smallest absolute Gasteiger partial charge is 0.407 e. The fourth-order valence-electron chi connectivity index (χ4n) is 6.53. The Kier molecular flexibility index (Phi) is 11.3. The van der Waals surface area contributed by atoms with Gasteiger partial charge in [0.15, 0.2) is 0 Å². The molecule has 1 fully saturated rings. The van der Waals surface area contributed by atoms with Crippen molar-refractivity contribution in [2.75, 3.05) is 39.2 Å². The molecule has 2 heterocycles. The molecular weight excluding hydrogens is 636 g/mol. The molecule has 1 aliphatic carbocycles. The van der Waals surface area contributed by atoms with Crippen LogP contribution in [0.15, 0.2) is 77.8 Å². The fourth-order valence-corrected chi connectivity index (χ4v) is 6.53. The SMILES string of the molecule is CCC1CN(Cc2cc(Oc3ccc(NC(=O)NC4=C(OC)C(NC(=O)OC)CC(C(C)(C)C)=C4)c4ccccc34)ccn2)CCN1C(C)=O. The van der Waals surface area contributed by atoms with Gasteiger partial charge in [0, 0.05) is 62.2 Å². The van der Waals surface area contributed by atoms with Crippen LogP contribution in [0.2, 0.25) is 0 Å². The van der Waals surface area contributed by atoms with Crippen molar-refractivity contribution < 1.29 is 28.6 Å². The van der Waals surface area contributed by atoms with Crippen LogP contribution in [0.25, 0.3) is 10.8 Å². The van der Waals surface area contributed by atoms with Crippen LogP contribution in [0.5, 0.6) is 11.5 Å². The number of hydrogen-bond donors (Lipinski definition) is 3. The van der Waals surface area contributed by atoms with E-state index in [0.29, 0.717) is 48.2 Å². The summed E-state index contributed by atoms with van der Waals surface area (Å²) in [5, 5.41) is 10.4. The van der Waals surface area contributed by atoms with Crippen molar-refractivity contribution in [2.45, 2.75) is 66.1 Å². The summed E-state index contributed by atoms with van der Waals surface area (Å²) in [4.78, 5) is 46.5. The van der Waals surface area contributed by atoms with Crippen molar-refractivity contribution in [1.29, 1.82) is 0 Å². The van der Waals surface area contributed by atoms with E-state index in [1.807, 2.05) is 59.5 Å². The number of carbonyl (C=O) groups is 3. The number of allylic oxidation sites excluding steroid dienone is 1. The maximum atomic E-state index is 13.5. The number of alkyl carbamates (subject to hydrolysis) is 1. The molecule has 3 N–H and O–H groups in total. The molecule has 50 heavy (non-hydrogen) atoms. The van der Waals surface area contributed by atoms with Gasteiger partial charge in [-0.15, -0.1) is 0 Å². The average molecular weight is 685 g/mol. The molecule has 266 valence electrons. The number of methoxy groups -OCH3 is 2. The Hall–Kier alpha value is -5.10. The van der Waals surface area contributed by atoms with Crippen LogP contribution in [-0.2, 0) is 20.8 Å². The Morgan fingerprint density at radius 1 is 1.00 bits per heavy atom. The molecule has 0 spiro atoms. The van der Waals surface area contributed by atoms with Crippen LogP contribution < -0.4 is 20.7 Å². The molecule has 1 aliphatic heterocycles. The van der Waals surface area contributed by atoms with Gasteiger partial charge < -0.3 is 35.1 Å². The first kappa shape index (κ1) is 36.2. The lowest BCUT2D eigenvalue weighted by Crippen LogP contribution is -2.54. The molecule has 0 bridgehead atoms. The number of amides is 4. The fraction of sp³-hybridized carbons (Fsp3) is 0.421. The first-order valence-electron chi connectivity index (χ1n) is 17.0. The zero-order chi connectivity index (χ0) is 36.0. The van der Waals surface area contributed by atoms with E-state index in [-0.39, 0.29) is 17.4 Å². The largest absolute Gasteiger partial charge is 0.497 e. The van der Waals surface area contributed by atoms with Crippen molar-refractivity contribution in [2.24, 2.45) is 5.41 Å². The molecule has 3 aromatic rings. The van der Waals surface area contributed by atoms with Gasteiger partial charge in [-0.1, -0.05) is 57.5 Å². The van der Waals surface area contributed by atoms with E-state index in [4.69, 9.17) is 14.2 Å². The third kappa shape index (κ3) is 8.54. The summed E-state index contributed by atoms with van der Waals surface area (Å²) in [7, 11) is 2.81. The minimum Gasteiger partial charge on any atom is -0.497 e. The number of fused-ring (bicyclic) bond motifs is 1. The number of hydrogen-bond acceptors (Lipinski definition) is 8. The van der Waals surface area contributed by atoms with Crippen molar-refractivity contribution in [3.05, 3.63) is 83.5 Å². The maximum Gasteiger partial charge on any atom is 0.407 e. The lowest BCUT2D eigenvalue weighted by atomic mass is 9.79. The van der Waals surface area contributed by atoms with E-state index in [9.17, 15) is 14.4 Å². The number of nitrogens with one attached hydrogen (secondary N) is 3. The number of aromatic nitrogens is 1. The van der Waals surface area contributed by atoms with Gasteiger partial charge in [0.2, 0.25) is 5.91 Å². The Morgan fingerprint density at radius 3 is 2.44 bits per heavy atom. The average Bonchev–Trinajstić information content (AvgIpc) is 3.08. The standard InChI is InChI=1S/C38H48N6O6/c1-8-27-23-43(17-18-44(27)24(2)45)22-26-21-28(15-16-39-26)50-34-14-13-31(29-11-9-10-12-30(29)34)40-36(46)41-32-19-25(38(3,4)5)20-33(35(32)48-6)42-37(47)49-7/h9-16,19,21,27,33H,8,17-18,20,22-23H2,1-7H3,(H,42,47)(H2,40,41,46). The summed E-state index contributed by atoms with van der Waals surface area (Å²) in [6.07, 6.45) is 4.48. The second kappa shape index (κ2) is 15.6. The summed E-state index contributed by atoms with van der Waals surface area (Å²) in [6.45, 7) is 12.9. The number of anilines is 1. The predicted octanol–water partition coefficient (Wildman–Crippen LogP) is 6.55. The van der Waals surface area contributed by atoms with Crippen LogP contribution in [-0.4, -0.2) is 78.8 Å². The Bertz CT molecular complexity index is 1800. The maximum absolute atomic E-state index is 13.5. The summed E-state index contributed by atoms with van der Waals surface area (Å²) in [5.41, 5.74) is 2.74. The van der Waals surface area contributed by atoms with Crippen LogP contribution in [0.1, 0.15) is 53.2 Å². The Labute approximate surface area is 293 Å². The van der Waals surface area contributed by atoms with Gasteiger partial charge in [0.05, 0.1) is 37.3 Å². The number of ether oxygens (including phenoxy) is 3.